The molecule has 1 fully saturated rings. The minimum Gasteiger partial charge on any atom is -0.459 e. The number of aryl methyl sites for hydroxylation is 3. The number of ether oxygens (including phenoxy) is 2. The Balaban J connectivity index is 0.000000254. The first kappa shape index (κ1) is 20.2. The molecule has 26 heavy (non-hydrogen) atoms. The lowest BCUT2D eigenvalue weighted by molar-refractivity contribution is -0.00540. The van der Waals surface area contributed by atoms with E-state index in [2.05, 4.69) is 38.1 Å². The van der Waals surface area contributed by atoms with Crippen LogP contribution in [0.4, 0.5) is 0 Å². The van der Waals surface area contributed by atoms with Gasteiger partial charge in [0, 0.05) is 7.11 Å². The van der Waals surface area contributed by atoms with Crippen LogP contribution in [0.15, 0.2) is 48.5 Å². The molecule has 2 aromatic carbocycles. The van der Waals surface area contributed by atoms with E-state index >= 15 is 0 Å². The maximum atomic E-state index is 11.9. The van der Waals surface area contributed by atoms with Gasteiger partial charge in [-0.05, 0) is 58.6 Å². The van der Waals surface area contributed by atoms with Crippen molar-refractivity contribution in [3.05, 3.63) is 70.8 Å². The highest BCUT2D eigenvalue weighted by Crippen LogP contribution is 2.23. The van der Waals surface area contributed by atoms with Gasteiger partial charge in [0.2, 0.25) is 0 Å². The highest BCUT2D eigenvalue weighted by Gasteiger charge is 2.24. The van der Waals surface area contributed by atoms with Crippen LogP contribution in [0.25, 0.3) is 0 Å². The van der Waals surface area contributed by atoms with Crippen molar-refractivity contribution in [3.8, 4) is 0 Å². The van der Waals surface area contributed by atoms with Crippen molar-refractivity contribution in [3.63, 3.8) is 0 Å². The molecule has 3 heteroatoms. The molecule has 0 amide bonds. The highest BCUT2D eigenvalue weighted by molar-refractivity contribution is 5.89. The normalized spacial score (nSPS) is 19.2. The van der Waals surface area contributed by atoms with Crippen LogP contribution in [-0.4, -0.2) is 25.3 Å². The zero-order valence-electron chi connectivity index (χ0n) is 16.3. The largest absolute Gasteiger partial charge is 0.459 e. The Morgan fingerprint density at radius 3 is 1.54 bits per heavy atom. The number of hydrogen-bond acceptors (Lipinski definition) is 3. The molecule has 1 saturated carbocycles. The maximum absolute atomic E-state index is 11.9. The summed E-state index contributed by atoms with van der Waals surface area (Å²) in [6.45, 7) is 6.19. The Hall–Kier alpha value is -2.13. The third-order valence-electron chi connectivity index (χ3n) is 4.73. The van der Waals surface area contributed by atoms with Gasteiger partial charge < -0.3 is 9.47 Å². The minimum atomic E-state index is -0.212. The van der Waals surface area contributed by atoms with Crippen molar-refractivity contribution in [1.82, 2.24) is 0 Å². The summed E-state index contributed by atoms with van der Waals surface area (Å²) in [6.07, 6.45) is 4.13. The molecule has 3 nitrogen and oxygen atoms in total. The van der Waals surface area contributed by atoms with Gasteiger partial charge in [0.1, 0.15) is 6.10 Å². The predicted molar refractivity (Wildman–Crippen MR) is 106 cm³/mol. The van der Waals surface area contributed by atoms with Gasteiger partial charge in [-0.25, -0.2) is 4.79 Å². The molecule has 3 rings (SSSR count). The molecule has 0 bridgehead atoms. The van der Waals surface area contributed by atoms with Crippen molar-refractivity contribution < 1.29 is 14.3 Å². The summed E-state index contributed by atoms with van der Waals surface area (Å²) in [7, 11) is 1.74. The number of carbonyl (C=O) groups is 1. The van der Waals surface area contributed by atoms with Crippen molar-refractivity contribution in [2.75, 3.05) is 7.11 Å². The van der Waals surface area contributed by atoms with E-state index in [-0.39, 0.29) is 12.1 Å². The maximum Gasteiger partial charge on any atom is 0.338 e. The number of hydrogen-bond donors (Lipinski definition) is 0. The van der Waals surface area contributed by atoms with Crippen LogP contribution in [0.2, 0.25) is 0 Å². The van der Waals surface area contributed by atoms with Crippen molar-refractivity contribution in [1.29, 1.82) is 0 Å². The van der Waals surface area contributed by atoms with Crippen LogP contribution in [0.1, 0.15) is 52.7 Å². The molecular formula is C23H30O3. The summed E-state index contributed by atoms with van der Waals surface area (Å²) in [5.41, 5.74) is 4.44. The smallest absolute Gasteiger partial charge is 0.338 e. The number of methoxy groups -OCH3 is 1. The van der Waals surface area contributed by atoms with Gasteiger partial charge in [0.05, 0.1) is 11.7 Å². The van der Waals surface area contributed by atoms with E-state index in [1.54, 1.807) is 7.11 Å². The fourth-order valence-corrected chi connectivity index (χ4v) is 2.93. The minimum absolute atomic E-state index is 0.0465. The van der Waals surface area contributed by atoms with E-state index in [4.69, 9.17) is 9.47 Å². The molecule has 0 atom stereocenters. The first-order valence-electron chi connectivity index (χ1n) is 9.31. The second-order valence-electron chi connectivity index (χ2n) is 7.06. The first-order chi connectivity index (χ1) is 12.5. The van der Waals surface area contributed by atoms with E-state index < -0.39 is 0 Å². The SMILES string of the molecule is COC1CCC(OC(=O)c2ccc(C)cc2)CC1.Cc1ccc(C)cc1. The average molecular weight is 354 g/mol. The zero-order valence-corrected chi connectivity index (χ0v) is 16.3. The summed E-state index contributed by atoms with van der Waals surface area (Å²) in [5, 5.41) is 0. The van der Waals surface area contributed by atoms with Gasteiger partial charge in [-0.3, -0.25) is 0 Å². The summed E-state index contributed by atoms with van der Waals surface area (Å²) < 4.78 is 10.8. The average Bonchev–Trinajstić information content (AvgIpc) is 2.66. The van der Waals surface area contributed by atoms with Crippen LogP contribution in [0, 0.1) is 20.8 Å². The van der Waals surface area contributed by atoms with Gasteiger partial charge in [-0.15, -0.1) is 0 Å². The number of esters is 1. The Morgan fingerprint density at radius 2 is 1.12 bits per heavy atom. The van der Waals surface area contributed by atoms with Crippen LogP contribution in [0.3, 0.4) is 0 Å². The van der Waals surface area contributed by atoms with Crippen LogP contribution >= 0.6 is 0 Å². The van der Waals surface area contributed by atoms with E-state index in [1.807, 2.05) is 31.2 Å². The molecule has 1 aliphatic rings. The highest BCUT2D eigenvalue weighted by atomic mass is 16.5. The molecule has 1 aliphatic carbocycles. The van der Waals surface area contributed by atoms with Crippen LogP contribution in [0.5, 0.6) is 0 Å². The molecule has 0 aromatic heterocycles. The van der Waals surface area contributed by atoms with E-state index in [1.165, 1.54) is 11.1 Å². The van der Waals surface area contributed by atoms with E-state index in [0.29, 0.717) is 11.7 Å². The number of rotatable bonds is 3. The van der Waals surface area contributed by atoms with E-state index in [0.717, 1.165) is 31.2 Å². The lowest BCUT2D eigenvalue weighted by atomic mass is 9.95. The molecule has 0 aliphatic heterocycles. The summed E-state index contributed by atoms with van der Waals surface area (Å²) in [5.74, 6) is -0.212. The third-order valence-corrected chi connectivity index (χ3v) is 4.73. The monoisotopic (exact) mass is 354 g/mol. The fourth-order valence-electron chi connectivity index (χ4n) is 2.93. The summed E-state index contributed by atoms with van der Waals surface area (Å²) >= 11 is 0. The van der Waals surface area contributed by atoms with Gasteiger partial charge >= 0.3 is 5.97 Å². The van der Waals surface area contributed by atoms with Crippen molar-refractivity contribution in [2.24, 2.45) is 0 Å². The lowest BCUT2D eigenvalue weighted by Crippen LogP contribution is -2.27. The molecule has 0 saturated heterocycles. The molecule has 0 radical (unpaired) electrons. The van der Waals surface area contributed by atoms with Crippen molar-refractivity contribution in [2.45, 2.75) is 58.7 Å². The lowest BCUT2D eigenvalue weighted by Gasteiger charge is -2.27. The Kier molecular flexibility index (Phi) is 7.86. The van der Waals surface area contributed by atoms with Gasteiger partial charge in [0.15, 0.2) is 0 Å². The topological polar surface area (TPSA) is 35.5 Å². The zero-order chi connectivity index (χ0) is 18.9. The van der Waals surface area contributed by atoms with Gasteiger partial charge in [-0.2, -0.15) is 0 Å². The molecule has 140 valence electrons. The fraction of sp³-hybridized carbons (Fsp3) is 0.435. The molecule has 0 heterocycles. The van der Waals surface area contributed by atoms with Crippen LogP contribution < -0.4 is 0 Å². The molecule has 0 spiro atoms. The molecule has 0 unspecified atom stereocenters. The Labute approximate surface area is 157 Å². The van der Waals surface area contributed by atoms with Gasteiger partial charge in [-0.1, -0.05) is 53.1 Å². The van der Waals surface area contributed by atoms with Crippen molar-refractivity contribution >= 4 is 5.97 Å². The third kappa shape index (κ3) is 6.64. The summed E-state index contributed by atoms with van der Waals surface area (Å²) in [6, 6.07) is 16.0. The first-order valence-corrected chi connectivity index (χ1v) is 9.31. The molecule has 2 aromatic rings. The molecule has 0 N–H and O–H groups in total. The number of benzene rings is 2. The second-order valence-corrected chi connectivity index (χ2v) is 7.06. The second kappa shape index (κ2) is 10.1. The van der Waals surface area contributed by atoms with E-state index in [9.17, 15) is 4.79 Å². The Bertz CT molecular complexity index is 645. The number of carbonyl (C=O) groups excluding carboxylic acids is 1. The molecular weight excluding hydrogens is 324 g/mol. The Morgan fingerprint density at radius 1 is 0.731 bits per heavy atom. The predicted octanol–water partition coefficient (Wildman–Crippen LogP) is 5.41. The summed E-state index contributed by atoms with van der Waals surface area (Å²) in [4.78, 5) is 11.9. The van der Waals surface area contributed by atoms with Gasteiger partial charge in [0.25, 0.3) is 0 Å². The van der Waals surface area contributed by atoms with Crippen LogP contribution in [-0.2, 0) is 9.47 Å². The quantitative estimate of drug-likeness (QED) is 0.691. The standard InChI is InChI=1S/C15H20O3.C8H10/c1-11-3-5-12(6-4-11)15(16)18-14-9-7-13(17-2)8-10-14;1-7-3-5-8(2)6-4-7/h3-6,13-14H,7-10H2,1-2H3;3-6H,1-2H3.